The lowest BCUT2D eigenvalue weighted by molar-refractivity contribution is 0.103. The van der Waals surface area contributed by atoms with Gasteiger partial charge in [-0.3, -0.25) is 9.78 Å². The van der Waals surface area contributed by atoms with Gasteiger partial charge in [-0.15, -0.1) is 0 Å². The lowest BCUT2D eigenvalue weighted by Gasteiger charge is -2.03. The third-order valence-corrected chi connectivity index (χ3v) is 3.10. The number of carbonyl (C=O) groups is 1. The van der Waals surface area contributed by atoms with E-state index in [1.165, 1.54) is 0 Å². The fourth-order valence-corrected chi connectivity index (χ4v) is 2.02. The van der Waals surface area contributed by atoms with E-state index in [0.29, 0.717) is 16.1 Å². The molecule has 1 aromatic carbocycles. The van der Waals surface area contributed by atoms with Crippen molar-refractivity contribution in [3.8, 4) is 0 Å². The molecule has 0 N–H and O–H groups in total. The van der Waals surface area contributed by atoms with Crippen molar-refractivity contribution in [2.45, 2.75) is 0 Å². The molecule has 0 aliphatic carbocycles. The highest BCUT2D eigenvalue weighted by atomic mass is 127. The fourth-order valence-electron chi connectivity index (χ4n) is 1.32. The van der Waals surface area contributed by atoms with Crippen molar-refractivity contribution >= 4 is 40.0 Å². The van der Waals surface area contributed by atoms with Gasteiger partial charge in [0.15, 0.2) is 5.78 Å². The molecule has 0 aliphatic heterocycles. The lowest BCUT2D eigenvalue weighted by Crippen LogP contribution is -2.02. The number of carbonyl (C=O) groups excluding carboxylic acids is 1. The fraction of sp³-hybridized carbons (Fsp3) is 0. The average molecular weight is 344 g/mol. The number of nitrogens with zero attached hydrogens (tertiary/aromatic N) is 1. The minimum absolute atomic E-state index is 0.100. The Morgan fingerprint density at radius 1 is 1.31 bits per heavy atom. The van der Waals surface area contributed by atoms with E-state index >= 15 is 0 Å². The van der Waals surface area contributed by atoms with E-state index in [1.807, 2.05) is 6.07 Å². The van der Waals surface area contributed by atoms with Crippen LogP contribution >= 0.6 is 34.2 Å². The summed E-state index contributed by atoms with van der Waals surface area (Å²) in [6.45, 7) is 0. The van der Waals surface area contributed by atoms with E-state index in [2.05, 4.69) is 27.6 Å². The molecule has 0 radical (unpaired) electrons. The summed E-state index contributed by atoms with van der Waals surface area (Å²) in [4.78, 5) is 16.0. The molecule has 0 atom stereocenters. The predicted octanol–water partition coefficient (Wildman–Crippen LogP) is 3.57. The van der Waals surface area contributed by atoms with E-state index in [1.54, 1.807) is 36.7 Å². The van der Waals surface area contributed by atoms with Crippen LogP contribution in [0, 0.1) is 3.57 Å². The van der Waals surface area contributed by atoms with Crippen molar-refractivity contribution in [1.82, 2.24) is 4.98 Å². The summed E-state index contributed by atoms with van der Waals surface area (Å²) in [5.41, 5.74) is 1.06. The van der Waals surface area contributed by atoms with Gasteiger partial charge in [-0.1, -0.05) is 11.6 Å². The van der Waals surface area contributed by atoms with Gasteiger partial charge < -0.3 is 0 Å². The molecule has 0 bridgehead atoms. The number of benzene rings is 1. The van der Waals surface area contributed by atoms with E-state index in [-0.39, 0.29) is 5.78 Å². The van der Waals surface area contributed by atoms with Gasteiger partial charge >= 0.3 is 0 Å². The van der Waals surface area contributed by atoms with Crippen LogP contribution in [-0.2, 0) is 0 Å². The molecule has 0 amide bonds. The summed E-state index contributed by atoms with van der Waals surface area (Å²) in [5.74, 6) is -0.100. The van der Waals surface area contributed by atoms with Crippen LogP contribution in [0.1, 0.15) is 15.9 Å². The Bertz CT molecular complexity index is 528. The zero-order valence-electron chi connectivity index (χ0n) is 8.15. The third-order valence-electron chi connectivity index (χ3n) is 2.10. The Balaban J connectivity index is 2.46. The van der Waals surface area contributed by atoms with Crippen LogP contribution in [0.5, 0.6) is 0 Å². The number of rotatable bonds is 2. The average Bonchev–Trinajstić information content (AvgIpc) is 2.32. The molecule has 2 rings (SSSR count). The quantitative estimate of drug-likeness (QED) is 0.616. The van der Waals surface area contributed by atoms with Crippen LogP contribution in [0.25, 0.3) is 0 Å². The summed E-state index contributed by atoms with van der Waals surface area (Å²) in [6, 6.07) is 8.83. The molecule has 1 heterocycles. The monoisotopic (exact) mass is 343 g/mol. The first-order valence-corrected chi connectivity index (χ1v) is 6.04. The maximum atomic E-state index is 12.1. The first-order chi connectivity index (χ1) is 7.68. The van der Waals surface area contributed by atoms with Crippen LogP contribution < -0.4 is 0 Å². The highest BCUT2D eigenvalue weighted by Gasteiger charge is 2.12. The molecule has 2 nitrogen and oxygen atoms in total. The molecule has 2 aromatic rings. The molecule has 4 heteroatoms. The lowest BCUT2D eigenvalue weighted by atomic mass is 10.1. The molecule has 16 heavy (non-hydrogen) atoms. The van der Waals surface area contributed by atoms with Gasteiger partial charge in [-0.05, 0) is 52.9 Å². The maximum absolute atomic E-state index is 12.1. The van der Waals surface area contributed by atoms with Crippen LogP contribution in [0.15, 0.2) is 42.7 Å². The van der Waals surface area contributed by atoms with E-state index < -0.39 is 0 Å². The van der Waals surface area contributed by atoms with Crippen LogP contribution in [-0.4, -0.2) is 10.8 Å². The molecular formula is C12H7ClINO. The van der Waals surface area contributed by atoms with Gasteiger partial charge in [0.25, 0.3) is 0 Å². The molecule has 0 spiro atoms. The number of halogens is 2. The summed E-state index contributed by atoms with van der Waals surface area (Å²) >= 11 is 8.14. The van der Waals surface area contributed by atoms with Gasteiger partial charge in [0.1, 0.15) is 0 Å². The second-order valence-electron chi connectivity index (χ2n) is 3.19. The van der Waals surface area contributed by atoms with Crippen molar-refractivity contribution in [1.29, 1.82) is 0 Å². The highest BCUT2D eigenvalue weighted by Crippen LogP contribution is 2.21. The first kappa shape index (κ1) is 11.5. The minimum atomic E-state index is -0.100. The second-order valence-corrected chi connectivity index (χ2v) is 4.85. The number of aromatic nitrogens is 1. The normalized spacial score (nSPS) is 10.1. The van der Waals surface area contributed by atoms with Gasteiger partial charge in [0.2, 0.25) is 0 Å². The molecule has 0 saturated carbocycles. The number of hydrogen-bond acceptors (Lipinski definition) is 2. The van der Waals surface area contributed by atoms with E-state index in [0.717, 1.165) is 3.57 Å². The predicted molar refractivity (Wildman–Crippen MR) is 71.8 cm³/mol. The van der Waals surface area contributed by atoms with Crippen LogP contribution in [0.2, 0.25) is 5.02 Å². The first-order valence-electron chi connectivity index (χ1n) is 4.58. The van der Waals surface area contributed by atoms with Crippen molar-refractivity contribution in [2.75, 3.05) is 0 Å². The van der Waals surface area contributed by atoms with Crippen LogP contribution in [0.3, 0.4) is 0 Å². The SMILES string of the molecule is O=C(c1cccnc1)c1cc(I)ccc1Cl. The maximum Gasteiger partial charge on any atom is 0.196 e. The standard InChI is InChI=1S/C12H7ClINO/c13-11-4-3-9(14)6-10(11)12(16)8-2-1-5-15-7-8/h1-7H. The second kappa shape index (κ2) is 4.93. The van der Waals surface area contributed by atoms with Gasteiger partial charge in [0, 0.05) is 27.1 Å². The minimum Gasteiger partial charge on any atom is -0.288 e. The van der Waals surface area contributed by atoms with E-state index in [4.69, 9.17) is 11.6 Å². The topological polar surface area (TPSA) is 30.0 Å². The molecule has 80 valence electrons. The largest absolute Gasteiger partial charge is 0.288 e. The van der Waals surface area contributed by atoms with E-state index in [9.17, 15) is 4.79 Å². The number of pyridine rings is 1. The van der Waals surface area contributed by atoms with Crippen molar-refractivity contribution < 1.29 is 4.79 Å². The van der Waals surface area contributed by atoms with Crippen LogP contribution in [0.4, 0.5) is 0 Å². The summed E-state index contributed by atoms with van der Waals surface area (Å²) < 4.78 is 0.981. The molecular weight excluding hydrogens is 336 g/mol. The summed E-state index contributed by atoms with van der Waals surface area (Å²) in [5, 5.41) is 0.467. The summed E-state index contributed by atoms with van der Waals surface area (Å²) in [6.07, 6.45) is 3.17. The Kier molecular flexibility index (Phi) is 3.56. The van der Waals surface area contributed by atoms with Gasteiger partial charge in [-0.25, -0.2) is 0 Å². The molecule has 0 fully saturated rings. The molecule has 0 unspecified atom stereocenters. The highest BCUT2D eigenvalue weighted by molar-refractivity contribution is 14.1. The molecule has 0 aliphatic rings. The summed E-state index contributed by atoms with van der Waals surface area (Å²) in [7, 11) is 0. The molecule has 1 aromatic heterocycles. The smallest absolute Gasteiger partial charge is 0.196 e. The Morgan fingerprint density at radius 2 is 2.12 bits per heavy atom. The zero-order valence-corrected chi connectivity index (χ0v) is 11.1. The number of hydrogen-bond donors (Lipinski definition) is 0. The van der Waals surface area contributed by atoms with Gasteiger partial charge in [-0.2, -0.15) is 0 Å². The third kappa shape index (κ3) is 2.41. The zero-order chi connectivity index (χ0) is 11.5. The Labute approximate surface area is 112 Å². The van der Waals surface area contributed by atoms with Crippen molar-refractivity contribution in [3.05, 3.63) is 62.4 Å². The Hall–Kier alpha value is -0.940. The van der Waals surface area contributed by atoms with Crippen molar-refractivity contribution in [3.63, 3.8) is 0 Å². The van der Waals surface area contributed by atoms with Gasteiger partial charge in [0.05, 0.1) is 5.02 Å². The Morgan fingerprint density at radius 3 is 2.81 bits per heavy atom. The molecule has 0 saturated heterocycles. The van der Waals surface area contributed by atoms with Crippen molar-refractivity contribution in [2.24, 2.45) is 0 Å². The number of ketones is 1.